The maximum absolute atomic E-state index is 5.68. The molecular formula is C11H22O. The van der Waals surface area contributed by atoms with Crippen LogP contribution in [0.1, 0.15) is 52.4 Å². The molecule has 1 heteroatoms. The van der Waals surface area contributed by atoms with Crippen LogP contribution in [0.15, 0.2) is 0 Å². The molecule has 2 atom stereocenters. The first kappa shape index (κ1) is 10.0. The molecule has 2 aliphatic rings. The molecule has 0 N–H and O–H groups in total. The van der Waals surface area contributed by atoms with Crippen molar-refractivity contribution in [2.75, 3.05) is 6.61 Å². The standard InChI is InChI=1S/C9H16O.C2H6/c1-2-6-9-8(4-1)5-3-7-10-9;1-2/h8-9H,1-7H2;1-2H3. The third kappa shape index (κ3) is 2.48. The Hall–Kier alpha value is -0.0400. The second-order valence-electron chi connectivity index (χ2n) is 3.60. The van der Waals surface area contributed by atoms with Crippen LogP contribution in [0.4, 0.5) is 0 Å². The van der Waals surface area contributed by atoms with Crippen LogP contribution >= 0.6 is 0 Å². The van der Waals surface area contributed by atoms with E-state index in [9.17, 15) is 0 Å². The number of rotatable bonds is 0. The van der Waals surface area contributed by atoms with Crippen LogP contribution in [0.25, 0.3) is 0 Å². The summed E-state index contributed by atoms with van der Waals surface area (Å²) in [5, 5.41) is 0. The first-order valence-corrected chi connectivity index (χ1v) is 5.58. The van der Waals surface area contributed by atoms with Crippen molar-refractivity contribution in [1.29, 1.82) is 0 Å². The minimum Gasteiger partial charge on any atom is -0.378 e. The molecule has 2 rings (SSSR count). The van der Waals surface area contributed by atoms with Gasteiger partial charge in [-0.1, -0.05) is 26.7 Å². The molecule has 0 aromatic carbocycles. The fraction of sp³-hybridized carbons (Fsp3) is 1.00. The van der Waals surface area contributed by atoms with Crippen molar-refractivity contribution in [1.82, 2.24) is 0 Å². The van der Waals surface area contributed by atoms with Gasteiger partial charge in [-0.15, -0.1) is 0 Å². The highest BCUT2D eigenvalue weighted by atomic mass is 16.5. The second-order valence-corrected chi connectivity index (χ2v) is 3.60. The molecule has 1 aliphatic heterocycles. The van der Waals surface area contributed by atoms with Crippen LogP contribution in [-0.4, -0.2) is 12.7 Å². The van der Waals surface area contributed by atoms with Gasteiger partial charge in [0.1, 0.15) is 0 Å². The van der Waals surface area contributed by atoms with Crippen molar-refractivity contribution in [2.45, 2.75) is 58.5 Å². The monoisotopic (exact) mass is 170 g/mol. The maximum Gasteiger partial charge on any atom is 0.0603 e. The summed E-state index contributed by atoms with van der Waals surface area (Å²) in [6.07, 6.45) is 9.02. The summed E-state index contributed by atoms with van der Waals surface area (Å²) < 4.78 is 5.68. The largest absolute Gasteiger partial charge is 0.378 e. The minimum absolute atomic E-state index is 0.655. The summed E-state index contributed by atoms with van der Waals surface area (Å²) in [4.78, 5) is 0. The van der Waals surface area contributed by atoms with E-state index in [2.05, 4.69) is 0 Å². The lowest BCUT2D eigenvalue weighted by Gasteiger charge is -2.35. The number of hydrogen-bond donors (Lipinski definition) is 0. The van der Waals surface area contributed by atoms with E-state index >= 15 is 0 Å². The molecule has 1 aliphatic carbocycles. The van der Waals surface area contributed by atoms with E-state index in [1.54, 1.807) is 0 Å². The fourth-order valence-corrected chi connectivity index (χ4v) is 2.30. The Morgan fingerprint density at radius 2 is 1.58 bits per heavy atom. The van der Waals surface area contributed by atoms with Gasteiger partial charge in [0.05, 0.1) is 6.10 Å². The van der Waals surface area contributed by atoms with Crippen molar-refractivity contribution in [3.05, 3.63) is 0 Å². The molecule has 1 nitrogen and oxygen atoms in total. The highest BCUT2D eigenvalue weighted by molar-refractivity contribution is 4.78. The smallest absolute Gasteiger partial charge is 0.0603 e. The Morgan fingerprint density at radius 1 is 0.917 bits per heavy atom. The maximum atomic E-state index is 5.68. The van der Waals surface area contributed by atoms with Crippen LogP contribution in [0.2, 0.25) is 0 Å². The molecular weight excluding hydrogens is 148 g/mol. The van der Waals surface area contributed by atoms with E-state index in [0.29, 0.717) is 6.10 Å². The molecule has 72 valence electrons. The molecule has 0 radical (unpaired) electrons. The van der Waals surface area contributed by atoms with Crippen molar-refractivity contribution in [3.8, 4) is 0 Å². The lowest BCUT2D eigenvalue weighted by atomic mass is 9.82. The van der Waals surface area contributed by atoms with Crippen molar-refractivity contribution in [3.63, 3.8) is 0 Å². The van der Waals surface area contributed by atoms with Gasteiger partial charge in [0.2, 0.25) is 0 Å². The highest BCUT2D eigenvalue weighted by Crippen LogP contribution is 2.32. The first-order valence-electron chi connectivity index (χ1n) is 5.58. The van der Waals surface area contributed by atoms with Gasteiger partial charge in [0.25, 0.3) is 0 Å². The summed E-state index contributed by atoms with van der Waals surface area (Å²) in [6, 6.07) is 0. The van der Waals surface area contributed by atoms with E-state index < -0.39 is 0 Å². The second kappa shape index (κ2) is 5.58. The van der Waals surface area contributed by atoms with Gasteiger partial charge < -0.3 is 4.74 Å². The zero-order chi connectivity index (χ0) is 8.81. The molecule has 0 spiro atoms. The average Bonchev–Trinajstić information content (AvgIpc) is 2.21. The van der Waals surface area contributed by atoms with E-state index in [4.69, 9.17) is 4.74 Å². The molecule has 1 heterocycles. The van der Waals surface area contributed by atoms with Gasteiger partial charge in [-0.2, -0.15) is 0 Å². The van der Waals surface area contributed by atoms with E-state index in [1.165, 1.54) is 38.5 Å². The van der Waals surface area contributed by atoms with Crippen molar-refractivity contribution >= 4 is 0 Å². The van der Waals surface area contributed by atoms with Gasteiger partial charge >= 0.3 is 0 Å². The summed E-state index contributed by atoms with van der Waals surface area (Å²) in [5.74, 6) is 0.933. The van der Waals surface area contributed by atoms with Gasteiger partial charge in [0.15, 0.2) is 0 Å². The first-order chi connectivity index (χ1) is 5.97. The lowest BCUT2D eigenvalue weighted by Crippen LogP contribution is -2.31. The summed E-state index contributed by atoms with van der Waals surface area (Å²) in [7, 11) is 0. The predicted octanol–water partition coefficient (Wildman–Crippen LogP) is 3.38. The predicted molar refractivity (Wildman–Crippen MR) is 52.3 cm³/mol. The zero-order valence-corrected chi connectivity index (χ0v) is 8.51. The van der Waals surface area contributed by atoms with Crippen molar-refractivity contribution in [2.24, 2.45) is 5.92 Å². The summed E-state index contributed by atoms with van der Waals surface area (Å²) >= 11 is 0. The summed E-state index contributed by atoms with van der Waals surface area (Å²) in [5.41, 5.74) is 0. The molecule has 0 bridgehead atoms. The van der Waals surface area contributed by atoms with Crippen LogP contribution in [0.5, 0.6) is 0 Å². The Labute approximate surface area is 76.5 Å². The fourth-order valence-electron chi connectivity index (χ4n) is 2.30. The number of fused-ring (bicyclic) bond motifs is 1. The van der Waals surface area contributed by atoms with Crippen LogP contribution < -0.4 is 0 Å². The molecule has 0 aromatic heterocycles. The van der Waals surface area contributed by atoms with Crippen molar-refractivity contribution < 1.29 is 4.74 Å². The number of hydrogen-bond acceptors (Lipinski definition) is 1. The van der Waals surface area contributed by atoms with Gasteiger partial charge in [-0.05, 0) is 31.6 Å². The Morgan fingerprint density at radius 3 is 2.33 bits per heavy atom. The third-order valence-electron chi connectivity index (χ3n) is 2.89. The zero-order valence-electron chi connectivity index (χ0n) is 8.51. The number of ether oxygens (including phenoxy) is 1. The lowest BCUT2D eigenvalue weighted by molar-refractivity contribution is -0.0467. The highest BCUT2D eigenvalue weighted by Gasteiger charge is 2.27. The van der Waals surface area contributed by atoms with Crippen LogP contribution in [-0.2, 0) is 4.74 Å². The normalized spacial score (nSPS) is 34.5. The Balaban J connectivity index is 0.000000336. The van der Waals surface area contributed by atoms with E-state index in [-0.39, 0.29) is 0 Å². The molecule has 0 amide bonds. The van der Waals surface area contributed by atoms with E-state index in [0.717, 1.165) is 12.5 Å². The third-order valence-corrected chi connectivity index (χ3v) is 2.89. The van der Waals surface area contributed by atoms with Gasteiger partial charge in [0, 0.05) is 6.61 Å². The molecule has 1 saturated heterocycles. The molecule has 0 aromatic rings. The van der Waals surface area contributed by atoms with Gasteiger partial charge in [-0.3, -0.25) is 0 Å². The summed E-state index contributed by atoms with van der Waals surface area (Å²) in [6.45, 7) is 5.03. The quantitative estimate of drug-likeness (QED) is 0.541. The molecule has 12 heavy (non-hydrogen) atoms. The molecule has 2 fully saturated rings. The average molecular weight is 170 g/mol. The molecule has 2 unspecified atom stereocenters. The Kier molecular flexibility index (Phi) is 4.67. The Bertz CT molecular complexity index is 85.6. The minimum atomic E-state index is 0.655. The molecule has 1 saturated carbocycles. The SMILES string of the molecule is C1CCC2OCCCC2C1.CC. The van der Waals surface area contributed by atoms with E-state index in [1.807, 2.05) is 13.8 Å². The topological polar surface area (TPSA) is 9.23 Å². The van der Waals surface area contributed by atoms with Gasteiger partial charge in [-0.25, -0.2) is 0 Å². The van der Waals surface area contributed by atoms with Crippen LogP contribution in [0.3, 0.4) is 0 Å². The van der Waals surface area contributed by atoms with Crippen LogP contribution in [0, 0.1) is 5.92 Å².